The number of halogens is 6. The lowest BCUT2D eigenvalue weighted by Gasteiger charge is -2.13. The summed E-state index contributed by atoms with van der Waals surface area (Å²) in [6.45, 7) is 0. The Labute approximate surface area is 169 Å². The molecule has 0 atom stereocenters. The molecule has 0 fully saturated rings. The molecule has 2 aromatic carbocycles. The lowest BCUT2D eigenvalue weighted by molar-refractivity contribution is -0.384. The Kier molecular flexibility index (Phi) is 5.73. The summed E-state index contributed by atoms with van der Waals surface area (Å²) in [6.07, 6.45) is -8.80. The molecule has 6 nitrogen and oxygen atoms in total. The van der Waals surface area contributed by atoms with E-state index in [1.165, 1.54) is 36.4 Å². The summed E-state index contributed by atoms with van der Waals surface area (Å²) in [4.78, 5) is 10.0. The zero-order valence-electron chi connectivity index (χ0n) is 15.2. The van der Waals surface area contributed by atoms with Gasteiger partial charge in [-0.15, -0.1) is 0 Å². The van der Waals surface area contributed by atoms with Gasteiger partial charge in [-0.3, -0.25) is 15.5 Å². The SMILES string of the molecule is O=[N+]([O-])c1ccc(NN=Cc2ccc(-c3cc(C(F)(F)F)cc(C(F)(F)F)c3)o2)cc1. The van der Waals surface area contributed by atoms with Crippen molar-refractivity contribution in [1.82, 2.24) is 0 Å². The number of nitro benzene ring substituents is 1. The number of hydrazone groups is 1. The summed E-state index contributed by atoms with van der Waals surface area (Å²) in [5.74, 6) is -0.163. The fourth-order valence-electron chi connectivity index (χ4n) is 2.50. The van der Waals surface area contributed by atoms with Crippen molar-refractivity contribution in [2.24, 2.45) is 5.10 Å². The average molecular weight is 443 g/mol. The minimum atomic E-state index is -4.97. The molecule has 3 aromatic rings. The van der Waals surface area contributed by atoms with Crippen molar-refractivity contribution < 1.29 is 35.7 Å². The molecule has 0 aliphatic heterocycles. The molecule has 31 heavy (non-hydrogen) atoms. The molecule has 0 aliphatic rings. The number of hydrogen-bond acceptors (Lipinski definition) is 5. The largest absolute Gasteiger partial charge is 0.455 e. The predicted octanol–water partition coefficient (Wildman–Crippen LogP) is 6.34. The van der Waals surface area contributed by atoms with E-state index in [1.807, 2.05) is 0 Å². The van der Waals surface area contributed by atoms with Crippen LogP contribution in [0, 0.1) is 10.1 Å². The Morgan fingerprint density at radius 2 is 1.48 bits per heavy atom. The van der Waals surface area contributed by atoms with E-state index >= 15 is 0 Å². The average Bonchev–Trinajstić information content (AvgIpc) is 3.16. The van der Waals surface area contributed by atoms with Crippen LogP contribution in [0.15, 0.2) is 64.1 Å². The van der Waals surface area contributed by atoms with Gasteiger partial charge in [0.2, 0.25) is 0 Å². The number of non-ortho nitro benzene ring substituents is 1. The summed E-state index contributed by atoms with van der Waals surface area (Å²) in [5, 5.41) is 14.4. The molecule has 0 aliphatic carbocycles. The maximum absolute atomic E-state index is 13.0. The van der Waals surface area contributed by atoms with Gasteiger partial charge in [-0.25, -0.2) is 0 Å². The summed E-state index contributed by atoms with van der Waals surface area (Å²) < 4.78 is 83.2. The first-order valence-electron chi connectivity index (χ1n) is 8.37. The highest BCUT2D eigenvalue weighted by molar-refractivity contribution is 5.78. The molecule has 12 heteroatoms. The van der Waals surface area contributed by atoms with E-state index in [1.54, 1.807) is 0 Å². The van der Waals surface area contributed by atoms with Crippen LogP contribution >= 0.6 is 0 Å². The third-order valence-electron chi connectivity index (χ3n) is 3.96. The van der Waals surface area contributed by atoms with Crippen molar-refractivity contribution in [3.63, 3.8) is 0 Å². The Hall–Kier alpha value is -3.83. The second-order valence-electron chi connectivity index (χ2n) is 6.17. The second-order valence-corrected chi connectivity index (χ2v) is 6.17. The van der Waals surface area contributed by atoms with Gasteiger partial charge in [-0.2, -0.15) is 31.4 Å². The van der Waals surface area contributed by atoms with Gasteiger partial charge in [0.25, 0.3) is 5.69 Å². The molecule has 0 unspecified atom stereocenters. The predicted molar refractivity (Wildman–Crippen MR) is 98.5 cm³/mol. The maximum Gasteiger partial charge on any atom is 0.416 e. The molecule has 0 spiro atoms. The Morgan fingerprint density at radius 3 is 2.00 bits per heavy atom. The summed E-state index contributed by atoms with van der Waals surface area (Å²) in [7, 11) is 0. The Morgan fingerprint density at radius 1 is 0.903 bits per heavy atom. The Bertz CT molecular complexity index is 1090. The standard InChI is InChI=1S/C19H11F6N3O3/c20-18(21,22)12-7-11(8-13(9-12)19(23,24)25)17-6-5-16(31-17)10-26-27-14-1-3-15(4-2-14)28(29)30/h1-10,27H. The highest BCUT2D eigenvalue weighted by atomic mass is 19.4. The molecule has 0 radical (unpaired) electrons. The Balaban J connectivity index is 1.81. The third kappa shape index (κ3) is 5.41. The van der Waals surface area contributed by atoms with Gasteiger partial charge in [0, 0.05) is 17.7 Å². The number of rotatable bonds is 5. The van der Waals surface area contributed by atoms with Crippen molar-refractivity contribution >= 4 is 17.6 Å². The van der Waals surface area contributed by atoms with E-state index in [4.69, 9.17) is 4.42 Å². The summed E-state index contributed by atoms with van der Waals surface area (Å²) >= 11 is 0. The van der Waals surface area contributed by atoms with Crippen LogP contribution < -0.4 is 5.43 Å². The topological polar surface area (TPSA) is 80.7 Å². The minimum absolute atomic E-state index is 0.0307. The van der Waals surface area contributed by atoms with Crippen LogP contribution in [0.5, 0.6) is 0 Å². The fraction of sp³-hybridized carbons (Fsp3) is 0.105. The van der Waals surface area contributed by atoms with Crippen LogP contribution in [-0.4, -0.2) is 11.1 Å². The van der Waals surface area contributed by atoms with Gasteiger partial charge in [0.05, 0.1) is 28.0 Å². The zero-order valence-corrected chi connectivity index (χ0v) is 15.2. The van der Waals surface area contributed by atoms with Crippen LogP contribution in [0.25, 0.3) is 11.3 Å². The van der Waals surface area contributed by atoms with E-state index in [-0.39, 0.29) is 23.3 Å². The summed E-state index contributed by atoms with van der Waals surface area (Å²) in [6, 6.07) is 8.95. The number of nitrogens with one attached hydrogen (secondary N) is 1. The van der Waals surface area contributed by atoms with Gasteiger partial charge in [-0.1, -0.05) is 0 Å². The van der Waals surface area contributed by atoms with Crippen LogP contribution in [0.2, 0.25) is 0 Å². The number of nitro groups is 1. The third-order valence-corrected chi connectivity index (χ3v) is 3.96. The van der Waals surface area contributed by atoms with Gasteiger partial charge < -0.3 is 4.42 Å². The van der Waals surface area contributed by atoms with Gasteiger partial charge in [-0.05, 0) is 42.5 Å². The van der Waals surface area contributed by atoms with Crippen molar-refractivity contribution in [3.05, 3.63) is 81.6 Å². The normalized spacial score (nSPS) is 12.3. The van der Waals surface area contributed by atoms with Crippen LogP contribution in [-0.2, 0) is 12.4 Å². The first kappa shape index (κ1) is 21.9. The van der Waals surface area contributed by atoms with Crippen molar-refractivity contribution in [2.75, 3.05) is 5.43 Å². The molecule has 1 heterocycles. The molecule has 0 saturated heterocycles. The number of benzene rings is 2. The first-order chi connectivity index (χ1) is 14.4. The van der Waals surface area contributed by atoms with E-state index in [9.17, 15) is 36.5 Å². The minimum Gasteiger partial charge on any atom is -0.455 e. The molecular weight excluding hydrogens is 432 g/mol. The van der Waals surface area contributed by atoms with Crippen molar-refractivity contribution in [1.29, 1.82) is 0 Å². The molecule has 162 valence electrons. The van der Waals surface area contributed by atoms with Crippen LogP contribution in [0.1, 0.15) is 16.9 Å². The quantitative estimate of drug-likeness (QED) is 0.216. The molecule has 0 saturated carbocycles. The molecule has 3 rings (SSSR count). The molecule has 0 bridgehead atoms. The number of furan rings is 1. The number of alkyl halides is 6. The second kappa shape index (κ2) is 8.13. The van der Waals surface area contributed by atoms with E-state index in [0.717, 1.165) is 6.21 Å². The maximum atomic E-state index is 13.0. The molecule has 1 N–H and O–H groups in total. The number of nitrogens with zero attached hydrogens (tertiary/aromatic N) is 2. The van der Waals surface area contributed by atoms with Gasteiger partial charge >= 0.3 is 12.4 Å². The number of anilines is 1. The smallest absolute Gasteiger partial charge is 0.416 e. The van der Waals surface area contributed by atoms with E-state index < -0.39 is 34.0 Å². The number of hydrogen-bond donors (Lipinski definition) is 1. The highest BCUT2D eigenvalue weighted by Gasteiger charge is 2.37. The van der Waals surface area contributed by atoms with Gasteiger partial charge in [0.1, 0.15) is 11.5 Å². The van der Waals surface area contributed by atoms with Gasteiger partial charge in [0.15, 0.2) is 0 Å². The molecular formula is C19H11F6N3O3. The van der Waals surface area contributed by atoms with E-state index in [2.05, 4.69) is 10.5 Å². The molecule has 1 aromatic heterocycles. The lowest BCUT2D eigenvalue weighted by atomic mass is 10.0. The van der Waals surface area contributed by atoms with Crippen molar-refractivity contribution in [2.45, 2.75) is 12.4 Å². The zero-order chi connectivity index (χ0) is 22.8. The highest BCUT2D eigenvalue weighted by Crippen LogP contribution is 2.38. The lowest BCUT2D eigenvalue weighted by Crippen LogP contribution is -2.11. The summed E-state index contributed by atoms with van der Waals surface area (Å²) in [5.41, 5.74) is -0.469. The van der Waals surface area contributed by atoms with E-state index in [0.29, 0.717) is 17.8 Å². The fourth-order valence-corrected chi connectivity index (χ4v) is 2.50. The van der Waals surface area contributed by atoms with Crippen molar-refractivity contribution in [3.8, 4) is 11.3 Å². The first-order valence-corrected chi connectivity index (χ1v) is 8.37. The molecule has 0 amide bonds. The van der Waals surface area contributed by atoms with Crippen LogP contribution in [0.4, 0.5) is 37.7 Å². The monoisotopic (exact) mass is 443 g/mol. The van der Waals surface area contributed by atoms with Crippen LogP contribution in [0.3, 0.4) is 0 Å².